The summed E-state index contributed by atoms with van der Waals surface area (Å²) in [5.74, 6) is 1.29. The molecule has 0 aliphatic rings. The maximum Gasteiger partial charge on any atom is 0.234 e. The van der Waals surface area contributed by atoms with Gasteiger partial charge in [0.2, 0.25) is 5.88 Å². The van der Waals surface area contributed by atoms with Crippen molar-refractivity contribution < 1.29 is 4.74 Å². The largest absolute Gasteiger partial charge is 0.472 e. The maximum absolute atomic E-state index is 5.60. The fourth-order valence-corrected chi connectivity index (χ4v) is 1.49. The molecule has 1 heterocycles. The van der Waals surface area contributed by atoms with Gasteiger partial charge in [-0.25, -0.2) is 0 Å². The van der Waals surface area contributed by atoms with Crippen molar-refractivity contribution in [2.45, 2.75) is 20.0 Å². The van der Waals surface area contributed by atoms with Crippen molar-refractivity contribution in [2.24, 2.45) is 0 Å². The van der Waals surface area contributed by atoms with Crippen molar-refractivity contribution in [3.05, 3.63) is 48.3 Å². The van der Waals surface area contributed by atoms with Crippen LogP contribution in [0.1, 0.15) is 18.9 Å². The van der Waals surface area contributed by atoms with Crippen LogP contribution in [-0.4, -0.2) is 16.5 Å². The minimum Gasteiger partial charge on any atom is -0.472 e. The molecule has 0 fully saturated rings. The Kier molecular flexibility index (Phi) is 4.53. The van der Waals surface area contributed by atoms with Crippen LogP contribution in [0.5, 0.6) is 5.88 Å². The number of hydrogen-bond donors (Lipinski definition) is 1. The molecule has 0 saturated carbocycles. The molecule has 0 saturated heterocycles. The smallest absolute Gasteiger partial charge is 0.234 e. The molecule has 0 spiro atoms. The van der Waals surface area contributed by atoms with Gasteiger partial charge in [0.05, 0.1) is 12.4 Å². The van der Waals surface area contributed by atoms with Crippen LogP contribution in [0.15, 0.2) is 42.7 Å². The van der Waals surface area contributed by atoms with E-state index in [2.05, 4.69) is 22.2 Å². The SMILES string of the molecule is CCCNc1cncc(OCc2ccccc2)n1. The Bertz CT molecular complexity index is 473. The molecule has 0 radical (unpaired) electrons. The molecule has 0 bridgehead atoms. The van der Waals surface area contributed by atoms with Crippen LogP contribution in [0, 0.1) is 0 Å². The highest BCUT2D eigenvalue weighted by Gasteiger charge is 1.99. The molecule has 0 amide bonds. The van der Waals surface area contributed by atoms with Crippen LogP contribution in [0.25, 0.3) is 0 Å². The summed E-state index contributed by atoms with van der Waals surface area (Å²) in [6, 6.07) is 10.0. The van der Waals surface area contributed by atoms with Crippen LogP contribution in [-0.2, 0) is 6.61 Å². The third-order valence-electron chi connectivity index (χ3n) is 2.40. The van der Waals surface area contributed by atoms with E-state index < -0.39 is 0 Å². The Morgan fingerprint density at radius 3 is 2.78 bits per heavy atom. The third kappa shape index (κ3) is 3.73. The number of aromatic nitrogens is 2. The molecule has 1 aromatic carbocycles. The summed E-state index contributed by atoms with van der Waals surface area (Å²) in [6.45, 7) is 3.50. The lowest BCUT2D eigenvalue weighted by atomic mass is 10.2. The van der Waals surface area contributed by atoms with Crippen LogP contribution < -0.4 is 10.1 Å². The highest BCUT2D eigenvalue weighted by molar-refractivity contribution is 5.33. The first kappa shape index (κ1) is 12.4. The van der Waals surface area contributed by atoms with E-state index in [-0.39, 0.29) is 0 Å². The number of ether oxygens (including phenoxy) is 1. The average molecular weight is 243 g/mol. The molecule has 0 unspecified atom stereocenters. The normalized spacial score (nSPS) is 10.1. The monoisotopic (exact) mass is 243 g/mol. The Morgan fingerprint density at radius 1 is 1.17 bits per heavy atom. The van der Waals surface area contributed by atoms with Crippen molar-refractivity contribution >= 4 is 5.82 Å². The zero-order valence-electron chi connectivity index (χ0n) is 10.5. The first-order chi connectivity index (χ1) is 8.88. The molecule has 2 aromatic rings. The average Bonchev–Trinajstić information content (AvgIpc) is 2.44. The van der Waals surface area contributed by atoms with E-state index in [1.54, 1.807) is 12.4 Å². The lowest BCUT2D eigenvalue weighted by Crippen LogP contribution is -2.04. The van der Waals surface area contributed by atoms with Crippen molar-refractivity contribution in [3.63, 3.8) is 0 Å². The van der Waals surface area contributed by atoms with Gasteiger partial charge in [-0.15, -0.1) is 0 Å². The van der Waals surface area contributed by atoms with Crippen molar-refractivity contribution in [2.75, 3.05) is 11.9 Å². The molecule has 0 aliphatic heterocycles. The predicted molar refractivity (Wildman–Crippen MR) is 71.6 cm³/mol. The van der Waals surface area contributed by atoms with E-state index in [1.165, 1.54) is 0 Å². The zero-order chi connectivity index (χ0) is 12.6. The van der Waals surface area contributed by atoms with Crippen molar-refractivity contribution in [1.29, 1.82) is 0 Å². The van der Waals surface area contributed by atoms with Gasteiger partial charge in [-0.05, 0) is 12.0 Å². The van der Waals surface area contributed by atoms with Crippen LogP contribution >= 0.6 is 0 Å². The van der Waals surface area contributed by atoms with Crippen LogP contribution in [0.3, 0.4) is 0 Å². The van der Waals surface area contributed by atoms with E-state index in [0.717, 1.165) is 24.3 Å². The molecular formula is C14H17N3O. The van der Waals surface area contributed by atoms with E-state index in [9.17, 15) is 0 Å². The lowest BCUT2D eigenvalue weighted by molar-refractivity contribution is 0.293. The van der Waals surface area contributed by atoms with E-state index in [0.29, 0.717) is 12.5 Å². The number of rotatable bonds is 6. The summed E-state index contributed by atoms with van der Waals surface area (Å²) in [5.41, 5.74) is 1.12. The Morgan fingerprint density at radius 2 is 2.00 bits per heavy atom. The fraction of sp³-hybridized carbons (Fsp3) is 0.286. The summed E-state index contributed by atoms with van der Waals surface area (Å²) >= 11 is 0. The molecule has 1 N–H and O–H groups in total. The summed E-state index contributed by atoms with van der Waals surface area (Å²) < 4.78 is 5.60. The first-order valence-electron chi connectivity index (χ1n) is 6.11. The van der Waals surface area contributed by atoms with Gasteiger partial charge in [-0.2, -0.15) is 4.98 Å². The number of benzene rings is 1. The van der Waals surface area contributed by atoms with Gasteiger partial charge < -0.3 is 10.1 Å². The standard InChI is InChI=1S/C14H17N3O/c1-2-8-16-13-9-15-10-14(17-13)18-11-12-6-4-3-5-7-12/h3-7,9-10H,2,8,11H2,1H3,(H,16,17). The summed E-state index contributed by atoms with van der Waals surface area (Å²) in [4.78, 5) is 8.43. The third-order valence-corrected chi connectivity index (χ3v) is 2.40. The molecule has 2 rings (SSSR count). The molecule has 18 heavy (non-hydrogen) atoms. The van der Waals surface area contributed by atoms with Gasteiger partial charge in [0, 0.05) is 6.54 Å². The zero-order valence-corrected chi connectivity index (χ0v) is 10.5. The highest BCUT2D eigenvalue weighted by atomic mass is 16.5. The molecule has 1 aromatic heterocycles. The second kappa shape index (κ2) is 6.59. The minimum atomic E-state index is 0.507. The van der Waals surface area contributed by atoms with Gasteiger partial charge in [0.15, 0.2) is 0 Å². The van der Waals surface area contributed by atoms with Gasteiger partial charge in [0.25, 0.3) is 0 Å². The molecule has 0 atom stereocenters. The van der Waals surface area contributed by atoms with Crippen molar-refractivity contribution in [3.8, 4) is 5.88 Å². The highest BCUT2D eigenvalue weighted by Crippen LogP contribution is 2.11. The molecule has 94 valence electrons. The summed E-state index contributed by atoms with van der Waals surface area (Å²) in [6.07, 6.45) is 4.38. The van der Waals surface area contributed by atoms with Gasteiger partial charge >= 0.3 is 0 Å². The van der Waals surface area contributed by atoms with Gasteiger partial charge in [-0.3, -0.25) is 4.98 Å². The molecule has 0 aliphatic carbocycles. The Balaban J connectivity index is 1.93. The predicted octanol–water partition coefficient (Wildman–Crippen LogP) is 2.88. The fourth-order valence-electron chi connectivity index (χ4n) is 1.49. The molecular weight excluding hydrogens is 226 g/mol. The molecule has 4 heteroatoms. The van der Waals surface area contributed by atoms with E-state index >= 15 is 0 Å². The number of hydrogen-bond acceptors (Lipinski definition) is 4. The van der Waals surface area contributed by atoms with Gasteiger partial charge in [0.1, 0.15) is 12.4 Å². The minimum absolute atomic E-state index is 0.507. The van der Waals surface area contributed by atoms with E-state index in [4.69, 9.17) is 4.74 Å². The van der Waals surface area contributed by atoms with Gasteiger partial charge in [-0.1, -0.05) is 37.3 Å². The topological polar surface area (TPSA) is 47.0 Å². The second-order valence-corrected chi connectivity index (χ2v) is 3.94. The maximum atomic E-state index is 5.60. The van der Waals surface area contributed by atoms with Crippen LogP contribution in [0.2, 0.25) is 0 Å². The summed E-state index contributed by atoms with van der Waals surface area (Å²) in [7, 11) is 0. The molecule has 4 nitrogen and oxygen atoms in total. The Labute approximate surface area is 107 Å². The quantitative estimate of drug-likeness (QED) is 0.847. The van der Waals surface area contributed by atoms with Crippen LogP contribution in [0.4, 0.5) is 5.82 Å². The summed E-state index contributed by atoms with van der Waals surface area (Å²) in [5, 5.41) is 3.18. The number of nitrogens with zero attached hydrogens (tertiary/aromatic N) is 2. The lowest BCUT2D eigenvalue weighted by Gasteiger charge is -2.07. The van der Waals surface area contributed by atoms with E-state index in [1.807, 2.05) is 30.3 Å². The van der Waals surface area contributed by atoms with Crippen molar-refractivity contribution in [1.82, 2.24) is 9.97 Å². The Hall–Kier alpha value is -2.10. The number of anilines is 1. The first-order valence-corrected chi connectivity index (χ1v) is 6.11. The number of nitrogens with one attached hydrogen (secondary N) is 1. The second-order valence-electron chi connectivity index (χ2n) is 3.94.